The molecule has 4 aromatic rings. The highest BCUT2D eigenvalue weighted by atomic mass is 19.3. The highest BCUT2D eigenvalue weighted by molar-refractivity contribution is 5.81. The molecule has 0 N–H and O–H groups in total. The van der Waals surface area contributed by atoms with Crippen LogP contribution in [0.5, 0.6) is 0 Å². The van der Waals surface area contributed by atoms with Crippen molar-refractivity contribution in [2.75, 3.05) is 18.0 Å². The SMILES string of the molecule is CCn1ccc(-c2cc3c(c(N4CCCc5cc(-c6cnn(C)c6)c(C(F)F)cc54)c2)CN(C(=O)OC(C)(C)C)CCC3)cc1=O. The number of hydrogen-bond donors (Lipinski definition) is 0. The van der Waals surface area contributed by atoms with E-state index in [9.17, 15) is 18.4 Å². The van der Waals surface area contributed by atoms with Gasteiger partial charge in [-0.15, -0.1) is 0 Å². The number of aromatic nitrogens is 3. The van der Waals surface area contributed by atoms with Gasteiger partial charge in [-0.3, -0.25) is 9.48 Å². The summed E-state index contributed by atoms with van der Waals surface area (Å²) in [6.45, 7) is 9.56. The third-order valence-electron chi connectivity index (χ3n) is 8.77. The van der Waals surface area contributed by atoms with Crippen molar-refractivity contribution < 1.29 is 18.3 Å². The number of anilines is 2. The van der Waals surface area contributed by atoms with Crippen LogP contribution >= 0.6 is 0 Å². The minimum Gasteiger partial charge on any atom is -0.444 e. The number of benzene rings is 2. The number of ether oxygens (including phenoxy) is 1. The predicted octanol–water partition coefficient (Wildman–Crippen LogP) is 7.64. The van der Waals surface area contributed by atoms with Gasteiger partial charge in [-0.2, -0.15) is 5.10 Å². The van der Waals surface area contributed by atoms with E-state index in [-0.39, 0.29) is 17.2 Å². The average Bonchev–Trinajstić information content (AvgIpc) is 3.32. The van der Waals surface area contributed by atoms with Gasteiger partial charge in [0.15, 0.2) is 0 Å². The van der Waals surface area contributed by atoms with Gasteiger partial charge >= 0.3 is 6.09 Å². The number of carbonyl (C=O) groups is 1. The Bertz CT molecular complexity index is 1840. The second-order valence-corrected chi connectivity index (χ2v) is 13.2. The zero-order valence-corrected chi connectivity index (χ0v) is 27.1. The number of nitrogens with zero attached hydrogens (tertiary/aromatic N) is 5. The first-order valence-electron chi connectivity index (χ1n) is 16.0. The molecule has 0 atom stereocenters. The van der Waals surface area contributed by atoms with Gasteiger partial charge in [-0.25, -0.2) is 13.6 Å². The van der Waals surface area contributed by atoms with Gasteiger partial charge in [0.05, 0.1) is 12.7 Å². The summed E-state index contributed by atoms with van der Waals surface area (Å²) in [6, 6.07) is 11.3. The Hall–Kier alpha value is -4.47. The van der Waals surface area contributed by atoms with Crippen molar-refractivity contribution in [1.29, 1.82) is 0 Å². The number of carbonyl (C=O) groups excluding carboxylic acids is 1. The minimum absolute atomic E-state index is 0.0422. The molecule has 0 saturated heterocycles. The van der Waals surface area contributed by atoms with Crippen molar-refractivity contribution in [3.8, 4) is 22.3 Å². The third-order valence-corrected chi connectivity index (χ3v) is 8.77. The van der Waals surface area contributed by atoms with Crippen molar-refractivity contribution in [3.63, 3.8) is 0 Å². The summed E-state index contributed by atoms with van der Waals surface area (Å²) in [5.74, 6) is 0. The first kappa shape index (κ1) is 31.5. The topological polar surface area (TPSA) is 72.6 Å². The molecule has 8 nitrogen and oxygen atoms in total. The lowest BCUT2D eigenvalue weighted by Crippen LogP contribution is -2.37. The second-order valence-electron chi connectivity index (χ2n) is 13.2. The summed E-state index contributed by atoms with van der Waals surface area (Å²) in [7, 11) is 1.77. The van der Waals surface area contributed by atoms with Crippen molar-refractivity contribution in [2.45, 2.75) is 78.5 Å². The maximum absolute atomic E-state index is 14.7. The smallest absolute Gasteiger partial charge is 0.410 e. The molecule has 0 saturated carbocycles. The van der Waals surface area contributed by atoms with E-state index in [1.807, 2.05) is 39.8 Å². The van der Waals surface area contributed by atoms with E-state index in [0.29, 0.717) is 37.3 Å². The molecule has 0 unspecified atom stereocenters. The molecule has 0 fully saturated rings. The van der Waals surface area contributed by atoms with Crippen LogP contribution in [0.1, 0.15) is 69.2 Å². The summed E-state index contributed by atoms with van der Waals surface area (Å²) in [5.41, 5.74) is 6.69. The zero-order valence-electron chi connectivity index (χ0n) is 27.1. The molecule has 2 aliphatic rings. The molecule has 1 amide bonds. The van der Waals surface area contributed by atoms with Crippen molar-refractivity contribution in [2.24, 2.45) is 7.05 Å². The van der Waals surface area contributed by atoms with E-state index in [1.54, 1.807) is 51.9 Å². The van der Waals surface area contributed by atoms with Crippen LogP contribution < -0.4 is 10.5 Å². The number of aryl methyl sites for hydroxylation is 4. The van der Waals surface area contributed by atoms with Gasteiger partial charge in [0.25, 0.3) is 12.0 Å². The molecule has 0 radical (unpaired) electrons. The van der Waals surface area contributed by atoms with Crippen LogP contribution in [-0.2, 0) is 37.7 Å². The quantitative estimate of drug-likeness (QED) is 0.227. The molecule has 0 bridgehead atoms. The molecule has 242 valence electrons. The van der Waals surface area contributed by atoms with Crippen LogP contribution in [0.25, 0.3) is 22.3 Å². The minimum atomic E-state index is -2.68. The molecule has 2 aromatic heterocycles. The monoisotopic (exact) mass is 629 g/mol. The van der Waals surface area contributed by atoms with Crippen molar-refractivity contribution in [1.82, 2.24) is 19.2 Å². The number of alkyl halides is 2. The molecule has 4 heterocycles. The first-order valence-corrected chi connectivity index (χ1v) is 16.0. The number of fused-ring (bicyclic) bond motifs is 2. The van der Waals surface area contributed by atoms with Crippen LogP contribution in [0.2, 0.25) is 0 Å². The van der Waals surface area contributed by atoms with Crippen LogP contribution in [0.3, 0.4) is 0 Å². The van der Waals surface area contributed by atoms with Crippen LogP contribution in [0.4, 0.5) is 25.0 Å². The van der Waals surface area contributed by atoms with E-state index in [1.165, 1.54) is 0 Å². The lowest BCUT2D eigenvalue weighted by atomic mass is 9.90. The molecular formula is C36H41F2N5O3. The van der Waals surface area contributed by atoms with E-state index in [4.69, 9.17) is 4.74 Å². The average molecular weight is 630 g/mol. The summed E-state index contributed by atoms with van der Waals surface area (Å²) in [4.78, 5) is 30.0. The molecule has 2 aliphatic heterocycles. The van der Waals surface area contributed by atoms with Gasteiger partial charge in [-0.1, -0.05) is 6.07 Å². The fraction of sp³-hybridized carbons (Fsp3) is 0.417. The van der Waals surface area contributed by atoms with E-state index in [0.717, 1.165) is 64.9 Å². The molecule has 2 aromatic carbocycles. The Labute approximate surface area is 268 Å². The highest BCUT2D eigenvalue weighted by Gasteiger charge is 2.30. The molecule has 10 heteroatoms. The predicted molar refractivity (Wildman–Crippen MR) is 176 cm³/mol. The fourth-order valence-electron chi connectivity index (χ4n) is 6.58. The maximum atomic E-state index is 14.7. The van der Waals surface area contributed by atoms with Gasteiger partial charge in [0.2, 0.25) is 0 Å². The summed E-state index contributed by atoms with van der Waals surface area (Å²) in [6.07, 6.45) is 5.18. The highest BCUT2D eigenvalue weighted by Crippen LogP contribution is 2.44. The maximum Gasteiger partial charge on any atom is 0.410 e. The van der Waals surface area contributed by atoms with Gasteiger partial charge in [0.1, 0.15) is 5.60 Å². The van der Waals surface area contributed by atoms with E-state index >= 15 is 0 Å². The second kappa shape index (κ2) is 12.4. The molecule has 46 heavy (non-hydrogen) atoms. The normalized spacial score (nSPS) is 15.0. The lowest BCUT2D eigenvalue weighted by Gasteiger charge is -2.35. The number of amides is 1. The molecular weight excluding hydrogens is 588 g/mol. The van der Waals surface area contributed by atoms with E-state index < -0.39 is 12.0 Å². The Morgan fingerprint density at radius 1 is 0.978 bits per heavy atom. The van der Waals surface area contributed by atoms with Crippen molar-refractivity contribution in [3.05, 3.63) is 87.6 Å². The zero-order chi connectivity index (χ0) is 32.7. The molecule has 0 aliphatic carbocycles. The summed E-state index contributed by atoms with van der Waals surface area (Å²) in [5, 5.41) is 4.22. The molecule has 6 rings (SSSR count). The molecule has 0 spiro atoms. The Morgan fingerprint density at radius 3 is 2.41 bits per heavy atom. The van der Waals surface area contributed by atoms with Crippen LogP contribution in [-0.4, -0.2) is 44.0 Å². The number of hydrogen-bond acceptors (Lipinski definition) is 5. The Balaban J connectivity index is 1.52. The summed E-state index contributed by atoms with van der Waals surface area (Å²) < 4.78 is 38.4. The van der Waals surface area contributed by atoms with Crippen molar-refractivity contribution >= 4 is 17.5 Å². The lowest BCUT2D eigenvalue weighted by molar-refractivity contribution is 0.0237. The third kappa shape index (κ3) is 6.30. The number of halogens is 2. The largest absolute Gasteiger partial charge is 0.444 e. The van der Waals surface area contributed by atoms with Gasteiger partial charge in [-0.05, 0) is 111 Å². The fourth-order valence-corrected chi connectivity index (χ4v) is 6.58. The number of rotatable bonds is 5. The number of pyridine rings is 1. The Kier molecular flexibility index (Phi) is 8.48. The van der Waals surface area contributed by atoms with E-state index in [2.05, 4.69) is 22.1 Å². The summed E-state index contributed by atoms with van der Waals surface area (Å²) >= 11 is 0. The van der Waals surface area contributed by atoms with Gasteiger partial charge in [0, 0.05) is 67.6 Å². The Morgan fingerprint density at radius 2 is 1.74 bits per heavy atom. The van der Waals surface area contributed by atoms with Crippen LogP contribution in [0, 0.1) is 0 Å². The first-order chi connectivity index (χ1) is 21.9. The van der Waals surface area contributed by atoms with Crippen LogP contribution in [0.15, 0.2) is 59.8 Å². The van der Waals surface area contributed by atoms with Gasteiger partial charge < -0.3 is 19.1 Å². The standard InChI is InChI=1S/C36H41F2N5O3/c1-6-41-14-11-23(18-33(41)44)26-15-24-9-7-12-42(35(45)46-36(2,3)4)22-30(24)32(17-26)43-13-8-10-25-16-28(27-20-39-40(5)21-27)29(34(37)38)19-31(25)43/h11,14-21,34H,6-10,12-13,22H2,1-5H3.